The summed E-state index contributed by atoms with van der Waals surface area (Å²) in [5.74, 6) is 2.80. The van der Waals surface area contributed by atoms with Gasteiger partial charge in [0.2, 0.25) is 0 Å². The molecule has 0 aromatic heterocycles. The van der Waals surface area contributed by atoms with Crippen LogP contribution in [0.1, 0.15) is 5.56 Å². The molecule has 0 saturated carbocycles. The highest BCUT2D eigenvalue weighted by atomic mass is 32.2. The quantitative estimate of drug-likeness (QED) is 0.510. The molecule has 0 saturated heterocycles. The van der Waals surface area contributed by atoms with E-state index in [4.69, 9.17) is 4.74 Å². The van der Waals surface area contributed by atoms with Gasteiger partial charge < -0.3 is 15.2 Å². The molecule has 0 fully saturated rings. The van der Waals surface area contributed by atoms with Crippen molar-refractivity contribution in [3.05, 3.63) is 42.5 Å². The van der Waals surface area contributed by atoms with Crippen LogP contribution in [-0.2, 0) is 0 Å². The van der Waals surface area contributed by atoms with Gasteiger partial charge in [0, 0.05) is 24.6 Å². The molecule has 19 heavy (non-hydrogen) atoms. The van der Waals surface area contributed by atoms with Gasteiger partial charge in [-0.3, -0.25) is 0 Å². The van der Waals surface area contributed by atoms with Gasteiger partial charge >= 0.3 is 0 Å². The van der Waals surface area contributed by atoms with E-state index < -0.39 is 6.10 Å². The number of aryl methyl sites for hydroxylation is 1. The lowest BCUT2D eigenvalue weighted by Gasteiger charge is -2.13. The number of aliphatic hydroxyl groups excluding tert-OH is 1. The van der Waals surface area contributed by atoms with Crippen LogP contribution in [0.15, 0.2) is 36.9 Å². The number of thioether (sulfide) groups is 1. The van der Waals surface area contributed by atoms with Gasteiger partial charge in [-0.1, -0.05) is 18.2 Å². The molecule has 0 amide bonds. The van der Waals surface area contributed by atoms with E-state index in [0.29, 0.717) is 13.2 Å². The maximum absolute atomic E-state index is 9.77. The van der Waals surface area contributed by atoms with E-state index in [1.54, 1.807) is 0 Å². The summed E-state index contributed by atoms with van der Waals surface area (Å²) in [4.78, 5) is 0. The lowest BCUT2D eigenvalue weighted by molar-refractivity contribution is 0.107. The van der Waals surface area contributed by atoms with Crippen LogP contribution in [0.25, 0.3) is 0 Å². The summed E-state index contributed by atoms with van der Waals surface area (Å²) >= 11 is 1.82. The monoisotopic (exact) mass is 281 g/mol. The molecule has 0 radical (unpaired) electrons. The molecule has 1 aromatic carbocycles. The third-order valence-electron chi connectivity index (χ3n) is 2.47. The van der Waals surface area contributed by atoms with Crippen LogP contribution in [0.2, 0.25) is 0 Å². The van der Waals surface area contributed by atoms with Gasteiger partial charge in [0.1, 0.15) is 18.5 Å². The number of ether oxygens (including phenoxy) is 1. The molecule has 0 aliphatic heterocycles. The van der Waals surface area contributed by atoms with Gasteiger partial charge in [-0.05, 0) is 24.6 Å². The van der Waals surface area contributed by atoms with Gasteiger partial charge in [0.05, 0.1) is 0 Å². The van der Waals surface area contributed by atoms with E-state index >= 15 is 0 Å². The molecule has 0 aliphatic rings. The minimum absolute atomic E-state index is 0.316. The van der Waals surface area contributed by atoms with Crippen molar-refractivity contribution in [2.24, 2.45) is 0 Å². The Morgan fingerprint density at radius 1 is 1.53 bits per heavy atom. The van der Waals surface area contributed by atoms with Gasteiger partial charge in [-0.2, -0.15) is 11.8 Å². The Balaban J connectivity index is 2.07. The molecule has 1 atom stereocenters. The molecule has 0 spiro atoms. The Labute approximate surface area is 120 Å². The predicted molar refractivity (Wildman–Crippen MR) is 83.1 cm³/mol. The van der Waals surface area contributed by atoms with Crippen molar-refractivity contribution >= 4 is 11.8 Å². The fraction of sp³-hybridized carbons (Fsp3) is 0.467. The SMILES string of the molecule is C=CCSCCNCC(O)COc1cccc(C)c1. The van der Waals surface area contributed by atoms with Crippen LogP contribution in [-0.4, -0.2) is 42.4 Å². The van der Waals surface area contributed by atoms with Crippen molar-refractivity contribution in [1.82, 2.24) is 5.32 Å². The number of benzene rings is 1. The van der Waals surface area contributed by atoms with E-state index in [2.05, 4.69) is 11.9 Å². The van der Waals surface area contributed by atoms with Gasteiger partial charge in [-0.25, -0.2) is 0 Å². The first kappa shape index (κ1) is 16.1. The van der Waals surface area contributed by atoms with Crippen LogP contribution >= 0.6 is 11.8 Å². The van der Waals surface area contributed by atoms with Crippen molar-refractivity contribution in [2.45, 2.75) is 13.0 Å². The van der Waals surface area contributed by atoms with E-state index in [0.717, 1.165) is 29.4 Å². The minimum Gasteiger partial charge on any atom is -0.491 e. The highest BCUT2D eigenvalue weighted by Gasteiger charge is 2.04. The number of rotatable bonds is 10. The van der Waals surface area contributed by atoms with E-state index in [1.165, 1.54) is 0 Å². The fourth-order valence-electron chi connectivity index (χ4n) is 1.54. The summed E-state index contributed by atoms with van der Waals surface area (Å²) in [5, 5.41) is 13.0. The van der Waals surface area contributed by atoms with E-state index in [-0.39, 0.29) is 0 Å². The van der Waals surface area contributed by atoms with Crippen LogP contribution < -0.4 is 10.1 Å². The summed E-state index contributed by atoms with van der Waals surface area (Å²) in [5.41, 5.74) is 1.16. The second-order valence-electron chi connectivity index (χ2n) is 4.35. The minimum atomic E-state index is -0.482. The average molecular weight is 281 g/mol. The van der Waals surface area contributed by atoms with Crippen LogP contribution in [0.5, 0.6) is 5.75 Å². The maximum Gasteiger partial charge on any atom is 0.119 e. The summed E-state index contributed by atoms with van der Waals surface area (Å²) < 4.78 is 5.54. The lowest BCUT2D eigenvalue weighted by Crippen LogP contribution is -2.32. The number of aliphatic hydroxyl groups is 1. The Bertz CT molecular complexity index is 371. The molecule has 106 valence electrons. The molecular weight excluding hydrogens is 258 g/mol. The second-order valence-corrected chi connectivity index (χ2v) is 5.50. The van der Waals surface area contributed by atoms with Crippen LogP contribution in [0.4, 0.5) is 0 Å². The number of hydrogen-bond acceptors (Lipinski definition) is 4. The summed E-state index contributed by atoms with van der Waals surface area (Å²) in [7, 11) is 0. The largest absolute Gasteiger partial charge is 0.491 e. The molecule has 0 heterocycles. The topological polar surface area (TPSA) is 41.5 Å². The molecular formula is C15H23NO2S. The molecule has 3 nitrogen and oxygen atoms in total. The Kier molecular flexibility index (Phi) is 8.38. The van der Waals surface area contributed by atoms with Gasteiger partial charge in [0.25, 0.3) is 0 Å². The maximum atomic E-state index is 9.77. The van der Waals surface area contributed by atoms with E-state index in [9.17, 15) is 5.11 Å². The molecule has 1 aromatic rings. The van der Waals surface area contributed by atoms with Crippen LogP contribution in [0, 0.1) is 6.92 Å². The van der Waals surface area contributed by atoms with Crippen molar-refractivity contribution in [1.29, 1.82) is 0 Å². The fourth-order valence-corrected chi connectivity index (χ4v) is 2.16. The normalized spacial score (nSPS) is 12.1. The molecule has 1 unspecified atom stereocenters. The first-order valence-corrected chi connectivity index (χ1v) is 7.64. The van der Waals surface area contributed by atoms with E-state index in [1.807, 2.05) is 49.0 Å². The first-order chi connectivity index (χ1) is 9.22. The Morgan fingerprint density at radius 3 is 3.11 bits per heavy atom. The van der Waals surface area contributed by atoms with Crippen molar-refractivity contribution < 1.29 is 9.84 Å². The second kappa shape index (κ2) is 9.89. The third-order valence-corrected chi connectivity index (χ3v) is 3.43. The summed E-state index contributed by atoms with van der Waals surface area (Å²) in [6.07, 6.45) is 1.42. The zero-order valence-corrected chi connectivity index (χ0v) is 12.3. The highest BCUT2D eigenvalue weighted by Crippen LogP contribution is 2.12. The summed E-state index contributed by atoms with van der Waals surface area (Å²) in [6.45, 7) is 7.45. The average Bonchev–Trinajstić information content (AvgIpc) is 2.40. The zero-order chi connectivity index (χ0) is 13.9. The molecule has 0 aliphatic carbocycles. The predicted octanol–water partition coefficient (Wildman–Crippen LogP) is 2.24. The van der Waals surface area contributed by atoms with Gasteiger partial charge in [0.15, 0.2) is 0 Å². The Hall–Kier alpha value is -0.970. The standard InChI is InChI=1S/C15H23NO2S/c1-3-8-19-9-7-16-11-14(17)12-18-15-6-4-5-13(2)10-15/h3-6,10,14,16-17H,1,7-9,11-12H2,2H3. The zero-order valence-electron chi connectivity index (χ0n) is 11.5. The van der Waals surface area contributed by atoms with Crippen molar-refractivity contribution in [3.8, 4) is 5.75 Å². The van der Waals surface area contributed by atoms with Crippen molar-refractivity contribution in [3.63, 3.8) is 0 Å². The highest BCUT2D eigenvalue weighted by molar-refractivity contribution is 7.99. The van der Waals surface area contributed by atoms with Crippen molar-refractivity contribution in [2.75, 3.05) is 31.2 Å². The molecule has 2 N–H and O–H groups in total. The molecule has 1 rings (SSSR count). The van der Waals surface area contributed by atoms with Gasteiger partial charge in [-0.15, -0.1) is 6.58 Å². The lowest BCUT2D eigenvalue weighted by atomic mass is 10.2. The van der Waals surface area contributed by atoms with Crippen LogP contribution in [0.3, 0.4) is 0 Å². The number of nitrogens with one attached hydrogen (secondary N) is 1. The molecule has 4 heteroatoms. The summed E-state index contributed by atoms with van der Waals surface area (Å²) in [6, 6.07) is 7.84. The first-order valence-electron chi connectivity index (χ1n) is 6.49. The number of hydrogen-bond donors (Lipinski definition) is 2. The molecule has 0 bridgehead atoms. The Morgan fingerprint density at radius 2 is 2.37 bits per heavy atom. The smallest absolute Gasteiger partial charge is 0.119 e. The third kappa shape index (κ3) is 7.93.